The summed E-state index contributed by atoms with van der Waals surface area (Å²) in [5.74, 6) is 0.0753. The third-order valence-electron chi connectivity index (χ3n) is 5.68. The zero-order valence-electron chi connectivity index (χ0n) is 18.5. The number of fused-ring (bicyclic) bond motifs is 2. The summed E-state index contributed by atoms with van der Waals surface area (Å²) in [4.78, 5) is 25.3. The second-order valence-corrected chi connectivity index (χ2v) is 7.75. The van der Waals surface area contributed by atoms with Gasteiger partial charge in [0.05, 0.1) is 18.2 Å². The molecule has 7 heteroatoms. The normalized spacial score (nSPS) is 13.7. The monoisotopic (exact) mass is 457 g/mol. The predicted molar refractivity (Wildman–Crippen MR) is 125 cm³/mol. The van der Waals surface area contributed by atoms with Crippen molar-refractivity contribution in [2.45, 2.75) is 13.5 Å². The average molecular weight is 457 g/mol. The van der Waals surface area contributed by atoms with Crippen LogP contribution in [0.2, 0.25) is 0 Å². The lowest BCUT2D eigenvalue weighted by Gasteiger charge is -2.05. The maximum absolute atomic E-state index is 13.1. The van der Waals surface area contributed by atoms with Crippen LogP contribution < -0.4 is 14.2 Å². The summed E-state index contributed by atoms with van der Waals surface area (Å²) in [7, 11) is 1.61. The van der Waals surface area contributed by atoms with Gasteiger partial charge in [-0.1, -0.05) is 0 Å². The highest BCUT2D eigenvalue weighted by Crippen LogP contribution is 2.36. The maximum Gasteiger partial charge on any atom is 0.343 e. The molecule has 0 radical (unpaired) electrons. The first-order valence-electron chi connectivity index (χ1n) is 10.7. The topological polar surface area (TPSA) is 66.8 Å². The lowest BCUT2D eigenvalue weighted by molar-refractivity contribution is 0.0734. The number of benzene rings is 3. The Labute approximate surface area is 194 Å². The highest BCUT2D eigenvalue weighted by Gasteiger charge is 2.28. The van der Waals surface area contributed by atoms with Gasteiger partial charge in [0.15, 0.2) is 5.76 Å². The molecule has 0 unspecified atom stereocenters. The molecular formula is C27H20FNO5. The molecule has 0 amide bonds. The maximum atomic E-state index is 13.1. The molecule has 2 heterocycles. The van der Waals surface area contributed by atoms with Crippen molar-refractivity contribution in [1.82, 2.24) is 4.57 Å². The summed E-state index contributed by atoms with van der Waals surface area (Å²) in [5.41, 5.74) is 2.44. The Balaban J connectivity index is 1.43. The lowest BCUT2D eigenvalue weighted by Crippen LogP contribution is -2.08. The van der Waals surface area contributed by atoms with Gasteiger partial charge in [-0.05, 0) is 67.6 Å². The number of ether oxygens (including phenoxy) is 3. The van der Waals surface area contributed by atoms with Gasteiger partial charge in [-0.25, -0.2) is 9.18 Å². The Bertz CT molecular complexity index is 1470. The van der Waals surface area contributed by atoms with Gasteiger partial charge in [0.25, 0.3) is 0 Å². The fraction of sp³-hybridized carbons (Fsp3) is 0.111. The third-order valence-corrected chi connectivity index (χ3v) is 5.68. The van der Waals surface area contributed by atoms with Gasteiger partial charge < -0.3 is 18.8 Å². The fourth-order valence-corrected chi connectivity index (χ4v) is 3.93. The summed E-state index contributed by atoms with van der Waals surface area (Å²) in [6.45, 7) is 2.81. The van der Waals surface area contributed by atoms with E-state index in [0.29, 0.717) is 11.3 Å². The smallest absolute Gasteiger partial charge is 0.343 e. The van der Waals surface area contributed by atoms with Gasteiger partial charge in [0, 0.05) is 35.3 Å². The Morgan fingerprint density at radius 3 is 2.56 bits per heavy atom. The molecule has 1 aromatic heterocycles. The van der Waals surface area contributed by atoms with E-state index in [-0.39, 0.29) is 22.9 Å². The number of hydrogen-bond donors (Lipinski definition) is 0. The van der Waals surface area contributed by atoms with Gasteiger partial charge in [0.1, 0.15) is 23.1 Å². The summed E-state index contributed by atoms with van der Waals surface area (Å²) < 4.78 is 31.7. The first kappa shape index (κ1) is 21.5. The molecule has 0 N–H and O–H groups in total. The first-order chi connectivity index (χ1) is 16.5. The van der Waals surface area contributed by atoms with E-state index in [1.165, 1.54) is 36.4 Å². The van der Waals surface area contributed by atoms with E-state index < -0.39 is 11.8 Å². The van der Waals surface area contributed by atoms with E-state index in [2.05, 4.69) is 4.57 Å². The van der Waals surface area contributed by atoms with E-state index in [0.717, 1.165) is 28.8 Å². The van der Waals surface area contributed by atoms with Crippen LogP contribution in [0, 0.1) is 5.82 Å². The number of nitrogens with zero attached hydrogens (tertiary/aromatic N) is 1. The predicted octanol–water partition coefficient (Wildman–Crippen LogP) is 5.64. The van der Waals surface area contributed by atoms with Crippen LogP contribution in [0.1, 0.15) is 33.2 Å². The van der Waals surface area contributed by atoms with Crippen molar-refractivity contribution in [3.05, 3.63) is 95.1 Å². The van der Waals surface area contributed by atoms with Crippen molar-refractivity contribution < 1.29 is 28.2 Å². The molecule has 0 saturated carbocycles. The van der Waals surface area contributed by atoms with Crippen LogP contribution in [0.3, 0.4) is 0 Å². The van der Waals surface area contributed by atoms with E-state index in [1.54, 1.807) is 19.3 Å². The van der Waals surface area contributed by atoms with Gasteiger partial charge in [0.2, 0.25) is 5.78 Å². The van der Waals surface area contributed by atoms with Crippen LogP contribution in [0.4, 0.5) is 4.39 Å². The number of ketones is 1. The van der Waals surface area contributed by atoms with Crippen LogP contribution in [-0.4, -0.2) is 23.4 Å². The molecule has 6 nitrogen and oxygen atoms in total. The van der Waals surface area contributed by atoms with Crippen molar-refractivity contribution in [3.8, 4) is 17.2 Å². The molecule has 170 valence electrons. The van der Waals surface area contributed by atoms with E-state index in [1.807, 2.05) is 31.3 Å². The van der Waals surface area contributed by atoms with Crippen molar-refractivity contribution in [1.29, 1.82) is 0 Å². The number of Topliss-reactive ketones (excluding diaryl/α,β-unsaturated/α-hetero) is 1. The summed E-state index contributed by atoms with van der Waals surface area (Å²) >= 11 is 0. The number of aryl methyl sites for hydroxylation is 1. The van der Waals surface area contributed by atoms with Crippen LogP contribution in [-0.2, 0) is 6.54 Å². The van der Waals surface area contributed by atoms with Crippen LogP contribution in [0.25, 0.3) is 17.0 Å². The molecule has 0 bridgehead atoms. The quantitative estimate of drug-likeness (QED) is 0.220. The Morgan fingerprint density at radius 1 is 1.06 bits per heavy atom. The van der Waals surface area contributed by atoms with Gasteiger partial charge in [-0.3, -0.25) is 4.79 Å². The highest BCUT2D eigenvalue weighted by atomic mass is 19.1. The fourth-order valence-electron chi connectivity index (χ4n) is 3.93. The molecule has 0 atom stereocenters. The molecule has 0 aliphatic carbocycles. The summed E-state index contributed by atoms with van der Waals surface area (Å²) in [5, 5.41) is 0.940. The second kappa shape index (κ2) is 8.51. The molecular weight excluding hydrogens is 437 g/mol. The standard InChI is InChI=1S/C27H20FNO5/c1-3-29-15-17(22-13-19(32-2)9-11-23(22)29)12-25-26(30)21-10-8-20(14-24(21)34-25)33-27(31)16-4-6-18(28)7-5-16/h4-15H,3H2,1-2H3/b25-12+. The Hall–Kier alpha value is -4.39. The Kier molecular flexibility index (Phi) is 5.37. The molecule has 0 spiro atoms. The molecule has 5 rings (SSSR count). The summed E-state index contributed by atoms with van der Waals surface area (Å²) in [6, 6.07) is 15.4. The number of hydrogen-bond acceptors (Lipinski definition) is 5. The number of halogens is 1. The Morgan fingerprint density at radius 2 is 1.82 bits per heavy atom. The molecule has 4 aromatic rings. The molecule has 0 saturated heterocycles. The minimum atomic E-state index is -0.638. The first-order valence-corrected chi connectivity index (χ1v) is 10.7. The van der Waals surface area contributed by atoms with Gasteiger partial charge >= 0.3 is 5.97 Å². The van der Waals surface area contributed by atoms with E-state index in [9.17, 15) is 14.0 Å². The molecule has 34 heavy (non-hydrogen) atoms. The van der Waals surface area contributed by atoms with Crippen molar-refractivity contribution in [2.24, 2.45) is 0 Å². The number of methoxy groups -OCH3 is 1. The van der Waals surface area contributed by atoms with Gasteiger partial charge in [-0.2, -0.15) is 0 Å². The van der Waals surface area contributed by atoms with E-state index in [4.69, 9.17) is 14.2 Å². The van der Waals surface area contributed by atoms with E-state index >= 15 is 0 Å². The molecule has 1 aliphatic heterocycles. The van der Waals surface area contributed by atoms with Crippen molar-refractivity contribution >= 4 is 28.7 Å². The second-order valence-electron chi connectivity index (χ2n) is 7.75. The van der Waals surface area contributed by atoms with Crippen LogP contribution in [0.15, 0.2) is 72.6 Å². The number of allylic oxidation sites excluding steroid dienone is 1. The highest BCUT2D eigenvalue weighted by molar-refractivity contribution is 6.15. The zero-order chi connectivity index (χ0) is 23.8. The number of aromatic nitrogens is 1. The third kappa shape index (κ3) is 3.81. The molecule has 0 fully saturated rings. The minimum Gasteiger partial charge on any atom is -0.497 e. The zero-order valence-corrected chi connectivity index (χ0v) is 18.5. The molecule has 3 aromatic carbocycles. The number of rotatable bonds is 5. The minimum absolute atomic E-state index is 0.176. The van der Waals surface area contributed by atoms with Crippen molar-refractivity contribution in [2.75, 3.05) is 7.11 Å². The molecule has 1 aliphatic rings. The number of esters is 1. The SMILES string of the molecule is CCn1cc(/C=C2/Oc3cc(OC(=O)c4ccc(F)cc4)ccc3C2=O)c2cc(OC)ccc21. The van der Waals surface area contributed by atoms with Gasteiger partial charge in [-0.15, -0.1) is 0 Å². The van der Waals surface area contributed by atoms with Crippen LogP contribution in [0.5, 0.6) is 17.2 Å². The van der Waals surface area contributed by atoms with Crippen LogP contribution >= 0.6 is 0 Å². The summed E-state index contributed by atoms with van der Waals surface area (Å²) in [6.07, 6.45) is 3.67. The average Bonchev–Trinajstić information content (AvgIpc) is 3.35. The van der Waals surface area contributed by atoms with Crippen molar-refractivity contribution in [3.63, 3.8) is 0 Å². The lowest BCUT2D eigenvalue weighted by atomic mass is 10.1. The number of carbonyl (C=O) groups excluding carboxylic acids is 2. The largest absolute Gasteiger partial charge is 0.497 e. The number of carbonyl (C=O) groups is 2.